The maximum atomic E-state index is 14.8. The van der Waals surface area contributed by atoms with Crippen molar-refractivity contribution in [3.63, 3.8) is 0 Å². The highest BCUT2D eigenvalue weighted by Gasteiger charge is 2.41. The van der Waals surface area contributed by atoms with Crippen molar-refractivity contribution in [3.05, 3.63) is 73.6 Å². The van der Waals surface area contributed by atoms with E-state index in [2.05, 4.69) is 25.7 Å². The first-order valence-electron chi connectivity index (χ1n) is 13.5. The molecule has 0 saturated carbocycles. The number of thiophene rings is 1. The summed E-state index contributed by atoms with van der Waals surface area (Å²) in [6.07, 6.45) is 0.604. The van der Waals surface area contributed by atoms with Crippen LogP contribution in [0.15, 0.2) is 41.2 Å². The number of hydrogen-bond donors (Lipinski definition) is 2. The third-order valence-corrected chi connectivity index (χ3v) is 8.94. The summed E-state index contributed by atoms with van der Waals surface area (Å²) in [7, 11) is 3.40. The van der Waals surface area contributed by atoms with Crippen LogP contribution in [0.4, 0.5) is 26.0 Å². The van der Waals surface area contributed by atoms with Gasteiger partial charge < -0.3 is 10.6 Å². The molecule has 41 heavy (non-hydrogen) atoms. The molecule has 4 heterocycles. The quantitative estimate of drug-likeness (QED) is 0.313. The molecule has 1 saturated heterocycles. The number of hydrogen-bond acceptors (Lipinski definition) is 7. The van der Waals surface area contributed by atoms with Crippen LogP contribution in [0.25, 0.3) is 11.3 Å². The Kier molecular flexibility index (Phi) is 6.77. The lowest BCUT2D eigenvalue weighted by Crippen LogP contribution is -2.36. The van der Waals surface area contributed by atoms with E-state index in [1.807, 2.05) is 27.0 Å². The standard InChI is InChI=1S/C29H31F2N7O2S/c1-29(2)14-24-18(26(29)31)12-23(41-24)27(39)33-21-10-16(6-7-19(21)30)20-13-22(28(40)37(4)34-20)32-25-11-17(36(3)35-25)15-38-8-5-9-38/h6-7,10-13,26H,5,8-9,14-15H2,1-4H3,(H,32,35)(H,33,39)/t26-/m0/s1. The summed E-state index contributed by atoms with van der Waals surface area (Å²) in [6.45, 7) is 6.64. The normalized spacial score (nSPS) is 17.8. The molecule has 1 aromatic carbocycles. The Morgan fingerprint density at radius 3 is 2.59 bits per heavy atom. The van der Waals surface area contributed by atoms with Gasteiger partial charge in [-0.1, -0.05) is 13.8 Å². The highest BCUT2D eigenvalue weighted by atomic mass is 32.1. The third kappa shape index (κ3) is 5.17. The summed E-state index contributed by atoms with van der Waals surface area (Å²) in [5.41, 5.74) is 1.84. The molecule has 9 nitrogen and oxygen atoms in total. The second kappa shape index (κ2) is 10.2. The lowest BCUT2D eigenvalue weighted by molar-refractivity contribution is 0.102. The van der Waals surface area contributed by atoms with Crippen LogP contribution in [0.2, 0.25) is 0 Å². The van der Waals surface area contributed by atoms with Crippen LogP contribution in [0, 0.1) is 11.2 Å². The maximum Gasteiger partial charge on any atom is 0.290 e. The van der Waals surface area contributed by atoms with Gasteiger partial charge in [0.1, 0.15) is 17.7 Å². The number of amides is 1. The van der Waals surface area contributed by atoms with Crippen molar-refractivity contribution in [2.75, 3.05) is 23.7 Å². The molecule has 1 amide bonds. The summed E-state index contributed by atoms with van der Waals surface area (Å²) >= 11 is 1.24. The van der Waals surface area contributed by atoms with Crippen molar-refractivity contribution in [2.45, 2.75) is 39.4 Å². The van der Waals surface area contributed by atoms with Gasteiger partial charge in [0.05, 0.1) is 22.0 Å². The number of aromatic nitrogens is 4. The van der Waals surface area contributed by atoms with Gasteiger partial charge in [-0.25, -0.2) is 13.5 Å². The van der Waals surface area contributed by atoms with E-state index in [1.54, 1.807) is 16.8 Å². The predicted octanol–water partition coefficient (Wildman–Crippen LogP) is 5.18. The predicted molar refractivity (Wildman–Crippen MR) is 155 cm³/mol. The fraction of sp³-hybridized carbons (Fsp3) is 0.379. The average molecular weight is 580 g/mol. The summed E-state index contributed by atoms with van der Waals surface area (Å²) < 4.78 is 32.6. The van der Waals surface area contributed by atoms with E-state index in [0.717, 1.165) is 30.2 Å². The number of carbonyl (C=O) groups is 1. The zero-order valence-corrected chi connectivity index (χ0v) is 24.1. The van der Waals surface area contributed by atoms with E-state index >= 15 is 0 Å². The smallest absolute Gasteiger partial charge is 0.290 e. The van der Waals surface area contributed by atoms with Gasteiger partial charge >= 0.3 is 0 Å². The second-order valence-electron chi connectivity index (χ2n) is 11.4. The van der Waals surface area contributed by atoms with E-state index in [-0.39, 0.29) is 16.9 Å². The molecule has 3 aromatic heterocycles. The molecule has 214 valence electrons. The summed E-state index contributed by atoms with van der Waals surface area (Å²) in [6, 6.07) is 9.30. The van der Waals surface area contributed by atoms with Gasteiger partial charge in [0.2, 0.25) is 0 Å². The number of halogens is 2. The van der Waals surface area contributed by atoms with Crippen molar-refractivity contribution in [1.82, 2.24) is 24.5 Å². The summed E-state index contributed by atoms with van der Waals surface area (Å²) in [5, 5.41) is 14.6. The number of carbonyl (C=O) groups excluding carboxylic acids is 1. The molecule has 2 aliphatic rings. The molecule has 1 aliphatic carbocycles. The average Bonchev–Trinajstić information content (AvgIpc) is 3.52. The van der Waals surface area contributed by atoms with Crippen LogP contribution in [-0.2, 0) is 27.1 Å². The maximum absolute atomic E-state index is 14.8. The first-order valence-corrected chi connectivity index (χ1v) is 14.3. The molecule has 12 heteroatoms. The summed E-state index contributed by atoms with van der Waals surface area (Å²) in [5.74, 6) is -0.599. The Balaban J connectivity index is 1.23. The lowest BCUT2D eigenvalue weighted by Gasteiger charge is -2.30. The second-order valence-corrected chi connectivity index (χ2v) is 12.6. The number of nitrogens with zero attached hydrogens (tertiary/aromatic N) is 5. The van der Waals surface area contributed by atoms with Crippen molar-refractivity contribution >= 4 is 34.4 Å². The van der Waals surface area contributed by atoms with Crippen molar-refractivity contribution in [2.24, 2.45) is 19.5 Å². The third-order valence-electron chi connectivity index (χ3n) is 7.79. The minimum Gasteiger partial charge on any atom is -0.334 e. The zero-order valence-electron chi connectivity index (χ0n) is 23.3. The molecular weight excluding hydrogens is 548 g/mol. The van der Waals surface area contributed by atoms with Crippen LogP contribution < -0.4 is 16.2 Å². The molecule has 0 unspecified atom stereocenters. The zero-order chi connectivity index (χ0) is 29.1. The topological polar surface area (TPSA) is 97.1 Å². The summed E-state index contributed by atoms with van der Waals surface area (Å²) in [4.78, 5) is 29.4. The Bertz CT molecular complexity index is 1720. The van der Waals surface area contributed by atoms with Crippen LogP contribution in [-0.4, -0.2) is 43.5 Å². The minimum absolute atomic E-state index is 0.0382. The highest BCUT2D eigenvalue weighted by molar-refractivity contribution is 7.14. The van der Waals surface area contributed by atoms with E-state index in [0.29, 0.717) is 33.9 Å². The molecule has 0 spiro atoms. The number of nitrogens with one attached hydrogen (secondary N) is 2. The van der Waals surface area contributed by atoms with Gasteiger partial charge in [-0.2, -0.15) is 10.2 Å². The van der Waals surface area contributed by atoms with E-state index < -0.39 is 23.3 Å². The lowest BCUT2D eigenvalue weighted by atomic mass is 9.89. The molecule has 1 atom stereocenters. The van der Waals surface area contributed by atoms with Crippen molar-refractivity contribution in [1.29, 1.82) is 0 Å². The van der Waals surface area contributed by atoms with Crippen LogP contribution >= 0.6 is 11.3 Å². The van der Waals surface area contributed by atoms with Gasteiger partial charge in [-0.3, -0.25) is 19.2 Å². The molecule has 2 N–H and O–H groups in total. The Morgan fingerprint density at radius 1 is 1.10 bits per heavy atom. The molecule has 0 radical (unpaired) electrons. The fourth-order valence-electron chi connectivity index (χ4n) is 5.26. The first kappa shape index (κ1) is 27.3. The number of fused-ring (bicyclic) bond motifs is 1. The number of alkyl halides is 1. The van der Waals surface area contributed by atoms with Gasteiger partial charge in [0.25, 0.3) is 11.5 Å². The number of anilines is 3. The van der Waals surface area contributed by atoms with Gasteiger partial charge in [-0.15, -0.1) is 11.3 Å². The number of benzene rings is 1. The monoisotopic (exact) mass is 579 g/mol. The molecule has 6 rings (SSSR count). The number of aryl methyl sites for hydroxylation is 2. The van der Waals surface area contributed by atoms with Gasteiger partial charge in [-0.05, 0) is 56.3 Å². The van der Waals surface area contributed by atoms with Gasteiger partial charge in [0.15, 0.2) is 5.82 Å². The number of rotatable bonds is 7. The highest BCUT2D eigenvalue weighted by Crippen LogP contribution is 2.50. The number of likely N-dealkylation sites (tertiary alicyclic amines) is 1. The molecule has 4 aromatic rings. The van der Waals surface area contributed by atoms with E-state index in [4.69, 9.17) is 0 Å². The van der Waals surface area contributed by atoms with E-state index in [9.17, 15) is 18.4 Å². The molecule has 1 fully saturated rings. The molecular formula is C29H31F2N7O2S. The first-order chi connectivity index (χ1) is 19.5. The van der Waals surface area contributed by atoms with E-state index in [1.165, 1.54) is 47.7 Å². The Hall–Kier alpha value is -3.90. The molecule has 1 aliphatic heterocycles. The van der Waals surface area contributed by atoms with Crippen LogP contribution in [0.3, 0.4) is 0 Å². The van der Waals surface area contributed by atoms with Crippen molar-refractivity contribution < 1.29 is 13.6 Å². The van der Waals surface area contributed by atoms with Gasteiger partial charge in [0, 0.05) is 48.1 Å². The fourth-order valence-corrected chi connectivity index (χ4v) is 6.58. The van der Waals surface area contributed by atoms with Crippen LogP contribution in [0.1, 0.15) is 52.2 Å². The Labute approximate surface area is 239 Å². The Morgan fingerprint density at radius 2 is 1.88 bits per heavy atom. The molecule has 0 bridgehead atoms. The SMILES string of the molecule is Cn1nc(Nc2cc(-c3ccc(F)c(NC(=O)c4cc5c(s4)CC(C)(C)[C@H]5F)c3)nn(C)c2=O)cc1CN1CCC1. The van der Waals surface area contributed by atoms with Crippen molar-refractivity contribution in [3.8, 4) is 11.3 Å². The minimum atomic E-state index is -1.15. The largest absolute Gasteiger partial charge is 0.334 e. The van der Waals surface area contributed by atoms with Crippen LogP contribution in [0.5, 0.6) is 0 Å².